The highest BCUT2D eigenvalue weighted by atomic mass is 16.2. The predicted molar refractivity (Wildman–Crippen MR) is 29.0 cm³/mol. The summed E-state index contributed by atoms with van der Waals surface area (Å²) in [4.78, 5) is 20.3. The predicted octanol–water partition coefficient (Wildman–Crippen LogP) is -0.655. The minimum absolute atomic E-state index is 0.233. The van der Waals surface area contributed by atoms with Crippen molar-refractivity contribution < 1.29 is 9.59 Å². The van der Waals surface area contributed by atoms with Crippen molar-refractivity contribution in [1.82, 2.24) is 0 Å². The minimum Gasteiger partial charge on any atom is -0.369 e. The average molecular weight is 126 g/mol. The van der Waals surface area contributed by atoms with Gasteiger partial charge >= 0.3 is 0 Å². The zero-order valence-electron chi connectivity index (χ0n) is 4.76. The Kier molecular flexibility index (Phi) is 3.06. The summed E-state index contributed by atoms with van der Waals surface area (Å²) in [5, 5.41) is 7.93. The zero-order valence-corrected chi connectivity index (χ0v) is 4.76. The number of nitrogens with two attached hydrogens (primary N) is 1. The van der Waals surface area contributed by atoms with Gasteiger partial charge in [-0.05, 0) is 0 Å². The molecule has 0 heterocycles. The molecular weight excluding hydrogens is 120 g/mol. The molecule has 2 N–H and O–H groups in total. The van der Waals surface area contributed by atoms with Crippen LogP contribution in [0.2, 0.25) is 0 Å². The molecule has 0 aromatic carbocycles. The van der Waals surface area contributed by atoms with E-state index in [0.717, 1.165) is 0 Å². The van der Waals surface area contributed by atoms with Gasteiger partial charge in [0.2, 0.25) is 5.91 Å². The first kappa shape index (κ1) is 7.63. The van der Waals surface area contributed by atoms with E-state index in [9.17, 15) is 9.59 Å². The first-order valence-corrected chi connectivity index (χ1v) is 2.33. The third-order valence-corrected chi connectivity index (χ3v) is 0.648. The Balaban J connectivity index is 3.54. The lowest BCUT2D eigenvalue weighted by Crippen LogP contribution is -2.15. The highest BCUT2D eigenvalue weighted by Crippen LogP contribution is 1.85. The van der Waals surface area contributed by atoms with E-state index in [2.05, 4.69) is 5.73 Å². The molecule has 0 rings (SSSR count). The van der Waals surface area contributed by atoms with Crippen LogP contribution in [0.4, 0.5) is 0 Å². The Labute approximate surface area is 52.3 Å². The smallest absolute Gasteiger partial charge is 0.224 e. The van der Waals surface area contributed by atoms with Gasteiger partial charge in [-0.1, -0.05) is 0 Å². The number of nitrogens with zero attached hydrogens (tertiary/aromatic N) is 1. The van der Waals surface area contributed by atoms with E-state index in [1.807, 2.05) is 0 Å². The summed E-state index contributed by atoms with van der Waals surface area (Å²) in [7, 11) is 0. The Morgan fingerprint density at radius 2 is 2.11 bits per heavy atom. The maximum Gasteiger partial charge on any atom is 0.224 e. The summed E-state index contributed by atoms with van der Waals surface area (Å²) in [6.45, 7) is 0. The fourth-order valence-electron chi connectivity index (χ4n) is 0.345. The summed E-state index contributed by atoms with van der Waals surface area (Å²) in [6, 6.07) is 1.62. The van der Waals surface area contributed by atoms with Crippen molar-refractivity contribution in [3.63, 3.8) is 0 Å². The third kappa shape index (κ3) is 4.48. The van der Waals surface area contributed by atoms with Crippen LogP contribution in [-0.2, 0) is 9.59 Å². The summed E-state index contributed by atoms with van der Waals surface area (Å²) >= 11 is 0. The molecule has 0 aliphatic carbocycles. The van der Waals surface area contributed by atoms with Crippen molar-refractivity contribution in [1.29, 1.82) is 5.26 Å². The topological polar surface area (TPSA) is 83.9 Å². The highest BCUT2D eigenvalue weighted by molar-refractivity contribution is 5.97. The maximum absolute atomic E-state index is 10.3. The fraction of sp³-hybridized carbons (Fsp3) is 0.400. The van der Waals surface area contributed by atoms with E-state index in [0.29, 0.717) is 0 Å². The van der Waals surface area contributed by atoms with E-state index in [-0.39, 0.29) is 12.8 Å². The van der Waals surface area contributed by atoms with Crippen LogP contribution in [0.15, 0.2) is 0 Å². The van der Waals surface area contributed by atoms with Crippen molar-refractivity contribution in [2.45, 2.75) is 12.8 Å². The molecule has 0 aliphatic rings. The molecule has 4 heteroatoms. The van der Waals surface area contributed by atoms with E-state index in [4.69, 9.17) is 5.26 Å². The molecule has 9 heavy (non-hydrogen) atoms. The molecule has 0 aliphatic heterocycles. The van der Waals surface area contributed by atoms with Gasteiger partial charge in [-0.15, -0.1) is 0 Å². The second-order valence-corrected chi connectivity index (χ2v) is 1.52. The van der Waals surface area contributed by atoms with Crippen LogP contribution in [0.1, 0.15) is 12.8 Å². The van der Waals surface area contributed by atoms with Crippen LogP contribution in [0.3, 0.4) is 0 Å². The molecule has 4 nitrogen and oxygen atoms in total. The monoisotopic (exact) mass is 126 g/mol. The van der Waals surface area contributed by atoms with Crippen LogP contribution < -0.4 is 5.73 Å². The normalized spacial score (nSPS) is 7.89. The number of primary amides is 1. The zero-order chi connectivity index (χ0) is 7.28. The van der Waals surface area contributed by atoms with Crippen molar-refractivity contribution in [2.75, 3.05) is 0 Å². The van der Waals surface area contributed by atoms with E-state index in [1.165, 1.54) is 0 Å². The lowest BCUT2D eigenvalue weighted by molar-refractivity contribution is -0.125. The molecule has 0 saturated heterocycles. The van der Waals surface area contributed by atoms with Crippen molar-refractivity contribution in [3.8, 4) is 6.07 Å². The lowest BCUT2D eigenvalue weighted by atomic mass is 10.2. The van der Waals surface area contributed by atoms with Gasteiger partial charge in [0, 0.05) is 0 Å². The summed E-state index contributed by atoms with van der Waals surface area (Å²) in [6.07, 6.45) is -0.559. The summed E-state index contributed by atoms with van der Waals surface area (Å²) in [5.41, 5.74) is 4.65. The fourth-order valence-corrected chi connectivity index (χ4v) is 0.345. The van der Waals surface area contributed by atoms with Crippen LogP contribution in [-0.4, -0.2) is 11.7 Å². The number of nitriles is 1. The molecular formula is C5H6N2O2. The van der Waals surface area contributed by atoms with Gasteiger partial charge in [0.05, 0.1) is 18.9 Å². The Hall–Kier alpha value is -1.37. The number of amides is 1. The quantitative estimate of drug-likeness (QED) is 0.509. The van der Waals surface area contributed by atoms with Crippen LogP contribution in [0.25, 0.3) is 0 Å². The number of carbonyl (C=O) groups is 2. The van der Waals surface area contributed by atoms with Crippen molar-refractivity contribution in [2.24, 2.45) is 5.73 Å². The van der Waals surface area contributed by atoms with Crippen molar-refractivity contribution in [3.05, 3.63) is 0 Å². The van der Waals surface area contributed by atoms with Crippen LogP contribution in [0.5, 0.6) is 0 Å². The number of hydrogen-bond donors (Lipinski definition) is 1. The van der Waals surface area contributed by atoms with Crippen LogP contribution in [0, 0.1) is 11.3 Å². The number of hydrogen-bond acceptors (Lipinski definition) is 3. The Morgan fingerprint density at radius 1 is 1.56 bits per heavy atom. The second-order valence-electron chi connectivity index (χ2n) is 1.52. The first-order valence-electron chi connectivity index (χ1n) is 2.33. The van der Waals surface area contributed by atoms with Gasteiger partial charge in [0.1, 0.15) is 0 Å². The molecule has 0 fully saturated rings. The molecule has 48 valence electrons. The van der Waals surface area contributed by atoms with Gasteiger partial charge in [-0.2, -0.15) is 5.26 Å². The largest absolute Gasteiger partial charge is 0.369 e. The summed E-state index contributed by atoms with van der Waals surface area (Å²) < 4.78 is 0. The highest BCUT2D eigenvalue weighted by Gasteiger charge is 2.03. The number of ketones is 1. The average Bonchev–Trinajstić information content (AvgIpc) is 1.63. The number of carbonyl (C=O) groups excluding carboxylic acids is 2. The number of rotatable bonds is 3. The SMILES string of the molecule is N#CCC(=O)CC(N)=O. The molecule has 0 radical (unpaired) electrons. The van der Waals surface area contributed by atoms with Gasteiger partial charge in [0.15, 0.2) is 5.78 Å². The first-order chi connectivity index (χ1) is 4.16. The third-order valence-electron chi connectivity index (χ3n) is 0.648. The molecule has 0 unspecified atom stereocenters. The molecule has 1 amide bonds. The Bertz CT molecular complexity index is 168. The number of Topliss-reactive ketones (excluding diaryl/α,β-unsaturated/α-hetero) is 1. The van der Waals surface area contributed by atoms with Crippen molar-refractivity contribution >= 4 is 11.7 Å². The molecule has 0 spiro atoms. The van der Waals surface area contributed by atoms with E-state index < -0.39 is 11.7 Å². The maximum atomic E-state index is 10.3. The molecule has 0 bridgehead atoms. The molecule has 0 atom stereocenters. The van der Waals surface area contributed by atoms with Gasteiger partial charge < -0.3 is 5.73 Å². The second kappa shape index (κ2) is 3.61. The molecule has 0 aromatic heterocycles. The van der Waals surface area contributed by atoms with E-state index >= 15 is 0 Å². The molecule has 0 aromatic rings. The Morgan fingerprint density at radius 3 is 2.44 bits per heavy atom. The lowest BCUT2D eigenvalue weighted by Gasteiger charge is -1.86. The van der Waals surface area contributed by atoms with Crippen LogP contribution >= 0.6 is 0 Å². The molecule has 0 saturated carbocycles. The van der Waals surface area contributed by atoms with Gasteiger partial charge in [0.25, 0.3) is 0 Å². The summed E-state index contributed by atoms with van der Waals surface area (Å²) in [5.74, 6) is -1.11. The standard InChI is InChI=1S/C5H6N2O2/c6-2-1-4(8)3-5(7)9/h1,3H2,(H2,7,9). The van der Waals surface area contributed by atoms with Gasteiger partial charge in [-0.25, -0.2) is 0 Å². The minimum atomic E-state index is -0.685. The van der Waals surface area contributed by atoms with Gasteiger partial charge in [-0.3, -0.25) is 9.59 Å². The van der Waals surface area contributed by atoms with E-state index in [1.54, 1.807) is 6.07 Å².